The molecular formula is C16H15N3OS3. The number of nitrogens with one attached hydrogen (secondary N) is 2. The standard InChI is InChI=1S/C16H15N3OS3/c1-10-19-13(9-22-10)14-5-4-11(23-14)6-8-17-15(20)12-3-2-7-18-16(12)21/h2-5,7,9H,6,8H2,1H3,(H,17,20)(H,18,21). The summed E-state index contributed by atoms with van der Waals surface area (Å²) < 4.78 is 0.460. The summed E-state index contributed by atoms with van der Waals surface area (Å²) in [4.78, 5) is 21.8. The minimum atomic E-state index is -0.140. The van der Waals surface area contributed by atoms with Crippen molar-refractivity contribution in [3.63, 3.8) is 0 Å². The molecule has 118 valence electrons. The highest BCUT2D eigenvalue weighted by Gasteiger charge is 2.08. The molecule has 0 aliphatic rings. The van der Waals surface area contributed by atoms with E-state index in [1.807, 2.05) is 6.92 Å². The van der Waals surface area contributed by atoms with Crippen molar-refractivity contribution in [3.05, 3.63) is 55.9 Å². The highest BCUT2D eigenvalue weighted by Crippen LogP contribution is 2.29. The van der Waals surface area contributed by atoms with E-state index in [0.717, 1.165) is 17.1 Å². The van der Waals surface area contributed by atoms with E-state index in [0.29, 0.717) is 16.7 Å². The van der Waals surface area contributed by atoms with Crippen molar-refractivity contribution < 1.29 is 4.79 Å². The Morgan fingerprint density at radius 2 is 2.26 bits per heavy atom. The number of amides is 1. The van der Waals surface area contributed by atoms with Crippen LogP contribution in [0.2, 0.25) is 0 Å². The molecule has 0 bridgehead atoms. The van der Waals surface area contributed by atoms with Gasteiger partial charge in [-0.25, -0.2) is 4.98 Å². The average molecular weight is 362 g/mol. The minimum Gasteiger partial charge on any atom is -0.352 e. The summed E-state index contributed by atoms with van der Waals surface area (Å²) in [5.74, 6) is -0.140. The van der Waals surface area contributed by atoms with Crippen molar-refractivity contribution >= 4 is 40.8 Å². The second kappa shape index (κ2) is 7.16. The third-order valence-electron chi connectivity index (χ3n) is 3.25. The SMILES string of the molecule is Cc1nc(-c2ccc(CCNC(=O)c3ccc[nH]c3=S)s2)cs1. The molecule has 7 heteroatoms. The Labute approximate surface area is 147 Å². The van der Waals surface area contributed by atoms with Crippen LogP contribution in [0.3, 0.4) is 0 Å². The van der Waals surface area contributed by atoms with Gasteiger partial charge < -0.3 is 10.3 Å². The summed E-state index contributed by atoms with van der Waals surface area (Å²) >= 11 is 8.48. The second-order valence-electron chi connectivity index (χ2n) is 4.94. The number of nitrogens with zero attached hydrogens (tertiary/aromatic N) is 1. The van der Waals surface area contributed by atoms with Crippen LogP contribution in [0.15, 0.2) is 35.8 Å². The van der Waals surface area contributed by atoms with Crippen LogP contribution in [0.25, 0.3) is 10.6 Å². The fourth-order valence-electron chi connectivity index (χ4n) is 2.12. The number of hydrogen-bond acceptors (Lipinski definition) is 5. The predicted molar refractivity (Wildman–Crippen MR) is 97.8 cm³/mol. The van der Waals surface area contributed by atoms with Gasteiger partial charge in [-0.3, -0.25) is 4.79 Å². The molecule has 3 heterocycles. The fourth-order valence-corrected chi connectivity index (χ4v) is 4.01. The van der Waals surface area contributed by atoms with E-state index in [-0.39, 0.29) is 5.91 Å². The molecule has 3 rings (SSSR count). The van der Waals surface area contributed by atoms with Gasteiger partial charge in [0.05, 0.1) is 21.1 Å². The quantitative estimate of drug-likeness (QED) is 0.669. The van der Waals surface area contributed by atoms with Gasteiger partial charge in [0.15, 0.2) is 0 Å². The number of carbonyl (C=O) groups is 1. The fraction of sp³-hybridized carbons (Fsp3) is 0.188. The first-order valence-electron chi connectivity index (χ1n) is 7.10. The number of carbonyl (C=O) groups excluding carboxylic acids is 1. The third-order valence-corrected chi connectivity index (χ3v) is 5.53. The Balaban J connectivity index is 1.57. The first-order chi connectivity index (χ1) is 11.1. The molecule has 3 aromatic rings. The molecular weight excluding hydrogens is 346 g/mol. The highest BCUT2D eigenvalue weighted by molar-refractivity contribution is 7.71. The molecule has 0 spiro atoms. The maximum absolute atomic E-state index is 12.1. The molecule has 3 aromatic heterocycles. The van der Waals surface area contributed by atoms with Crippen LogP contribution in [-0.2, 0) is 6.42 Å². The normalized spacial score (nSPS) is 10.7. The van der Waals surface area contributed by atoms with Crippen molar-refractivity contribution in [1.82, 2.24) is 15.3 Å². The van der Waals surface area contributed by atoms with Crippen molar-refractivity contribution in [1.29, 1.82) is 0 Å². The number of rotatable bonds is 5. The lowest BCUT2D eigenvalue weighted by Crippen LogP contribution is -2.25. The smallest absolute Gasteiger partial charge is 0.254 e. The first kappa shape index (κ1) is 16.0. The number of thiazole rings is 1. The van der Waals surface area contributed by atoms with Gasteiger partial charge >= 0.3 is 0 Å². The highest BCUT2D eigenvalue weighted by atomic mass is 32.1. The zero-order valence-corrected chi connectivity index (χ0v) is 14.9. The lowest BCUT2D eigenvalue weighted by Gasteiger charge is -2.04. The van der Waals surface area contributed by atoms with Crippen LogP contribution < -0.4 is 5.32 Å². The molecule has 4 nitrogen and oxygen atoms in total. The molecule has 0 saturated heterocycles. The molecule has 0 atom stereocenters. The van der Waals surface area contributed by atoms with Crippen LogP contribution in [0, 0.1) is 11.6 Å². The van der Waals surface area contributed by atoms with E-state index in [4.69, 9.17) is 12.2 Å². The van der Waals surface area contributed by atoms with Gasteiger partial charge in [-0.05, 0) is 37.6 Å². The summed E-state index contributed by atoms with van der Waals surface area (Å²) in [5.41, 5.74) is 1.54. The van der Waals surface area contributed by atoms with Gasteiger partial charge in [-0.2, -0.15) is 0 Å². The van der Waals surface area contributed by atoms with Gasteiger partial charge in [0.1, 0.15) is 4.64 Å². The van der Waals surface area contributed by atoms with E-state index in [2.05, 4.69) is 32.8 Å². The van der Waals surface area contributed by atoms with Crippen molar-refractivity contribution in [3.8, 4) is 10.6 Å². The summed E-state index contributed by atoms with van der Waals surface area (Å²) in [6.45, 7) is 2.59. The number of aromatic nitrogens is 2. The Kier molecular flexibility index (Phi) is 5.00. The van der Waals surface area contributed by atoms with E-state index in [1.165, 1.54) is 9.75 Å². The van der Waals surface area contributed by atoms with Crippen molar-refractivity contribution in [2.45, 2.75) is 13.3 Å². The molecule has 0 unspecified atom stereocenters. The number of hydrogen-bond donors (Lipinski definition) is 2. The minimum absolute atomic E-state index is 0.140. The zero-order chi connectivity index (χ0) is 16.2. The van der Waals surface area contributed by atoms with Crippen LogP contribution >= 0.6 is 34.9 Å². The van der Waals surface area contributed by atoms with E-state index < -0.39 is 0 Å². The van der Waals surface area contributed by atoms with Gasteiger partial charge in [-0.15, -0.1) is 22.7 Å². The molecule has 0 saturated carbocycles. The molecule has 0 aliphatic heterocycles. The summed E-state index contributed by atoms with van der Waals surface area (Å²) in [7, 11) is 0. The third kappa shape index (κ3) is 3.93. The average Bonchev–Trinajstić information content (AvgIpc) is 3.16. The first-order valence-corrected chi connectivity index (χ1v) is 9.21. The van der Waals surface area contributed by atoms with E-state index in [9.17, 15) is 4.79 Å². The summed E-state index contributed by atoms with van der Waals surface area (Å²) in [6.07, 6.45) is 2.51. The number of aryl methyl sites for hydroxylation is 1. The monoisotopic (exact) mass is 361 g/mol. The van der Waals surface area contributed by atoms with Gasteiger partial charge in [0.2, 0.25) is 0 Å². The summed E-state index contributed by atoms with van der Waals surface area (Å²) in [5, 5.41) is 6.05. The Morgan fingerprint density at radius 3 is 3.00 bits per heavy atom. The predicted octanol–water partition coefficient (Wildman–Crippen LogP) is 4.21. The largest absolute Gasteiger partial charge is 0.352 e. The lowest BCUT2D eigenvalue weighted by atomic mass is 10.2. The van der Waals surface area contributed by atoms with E-state index >= 15 is 0 Å². The molecule has 0 fully saturated rings. The Morgan fingerprint density at radius 1 is 1.39 bits per heavy atom. The zero-order valence-electron chi connectivity index (χ0n) is 12.5. The molecule has 23 heavy (non-hydrogen) atoms. The maximum Gasteiger partial charge on any atom is 0.254 e. The van der Waals surface area contributed by atoms with Crippen molar-refractivity contribution in [2.75, 3.05) is 6.54 Å². The van der Waals surface area contributed by atoms with Gasteiger partial charge in [0.25, 0.3) is 5.91 Å². The summed E-state index contributed by atoms with van der Waals surface area (Å²) in [6, 6.07) is 7.67. The second-order valence-corrected chi connectivity index (χ2v) is 7.58. The van der Waals surface area contributed by atoms with Crippen LogP contribution in [0.1, 0.15) is 20.2 Å². The molecule has 1 amide bonds. The maximum atomic E-state index is 12.1. The van der Waals surface area contributed by atoms with Gasteiger partial charge in [0, 0.05) is 23.0 Å². The lowest BCUT2D eigenvalue weighted by molar-refractivity contribution is 0.0953. The number of thiophene rings is 1. The van der Waals surface area contributed by atoms with Crippen molar-refractivity contribution in [2.24, 2.45) is 0 Å². The topological polar surface area (TPSA) is 57.8 Å². The molecule has 0 radical (unpaired) electrons. The van der Waals surface area contributed by atoms with Crippen LogP contribution in [0.4, 0.5) is 0 Å². The van der Waals surface area contributed by atoms with E-state index in [1.54, 1.807) is 41.0 Å². The molecule has 0 aromatic carbocycles. The Hall–Kier alpha value is -1.83. The molecule has 0 aliphatic carbocycles. The Bertz CT molecular complexity index is 878. The van der Waals surface area contributed by atoms with Gasteiger partial charge in [-0.1, -0.05) is 12.2 Å². The number of aromatic amines is 1. The van der Waals surface area contributed by atoms with Crippen LogP contribution in [0.5, 0.6) is 0 Å². The number of H-pyrrole nitrogens is 1. The molecule has 2 N–H and O–H groups in total. The van der Waals surface area contributed by atoms with Crippen LogP contribution in [-0.4, -0.2) is 22.4 Å². The number of pyridine rings is 1.